The zero-order valence-electron chi connectivity index (χ0n) is 8.29. The third-order valence-electron chi connectivity index (χ3n) is 2.51. The lowest BCUT2D eigenvalue weighted by Crippen LogP contribution is -2.35. The number of carbonyl (C=O) groups is 1. The van der Waals surface area contributed by atoms with E-state index in [2.05, 4.69) is 10.6 Å². The molecule has 0 bridgehead atoms. The highest BCUT2D eigenvalue weighted by molar-refractivity contribution is 5.95. The third-order valence-corrected chi connectivity index (χ3v) is 2.51. The smallest absolute Gasteiger partial charge is 0.241 e. The van der Waals surface area contributed by atoms with Crippen molar-refractivity contribution in [3.8, 4) is 0 Å². The van der Waals surface area contributed by atoms with E-state index in [0.717, 1.165) is 19.4 Å². The van der Waals surface area contributed by atoms with Gasteiger partial charge in [-0.25, -0.2) is 4.39 Å². The first-order chi connectivity index (χ1) is 7.27. The molecule has 4 heteroatoms. The van der Waals surface area contributed by atoms with Crippen LogP contribution in [0.1, 0.15) is 12.8 Å². The first-order valence-corrected chi connectivity index (χ1v) is 5.06. The lowest BCUT2D eigenvalue weighted by molar-refractivity contribution is -0.117. The van der Waals surface area contributed by atoms with Gasteiger partial charge in [0.25, 0.3) is 0 Å². The van der Waals surface area contributed by atoms with E-state index in [1.807, 2.05) is 0 Å². The Hall–Kier alpha value is -1.42. The van der Waals surface area contributed by atoms with Crippen LogP contribution in [0.2, 0.25) is 0 Å². The van der Waals surface area contributed by atoms with E-state index in [9.17, 15) is 9.18 Å². The SMILES string of the molecule is O=C(Nc1ccccc1F)[C@H]1CCCN1. The Morgan fingerprint density at radius 2 is 2.27 bits per heavy atom. The molecule has 0 spiro atoms. The van der Waals surface area contributed by atoms with Crippen LogP contribution in [0.25, 0.3) is 0 Å². The van der Waals surface area contributed by atoms with Gasteiger partial charge in [0.2, 0.25) is 5.91 Å². The average Bonchev–Trinajstić information content (AvgIpc) is 2.74. The van der Waals surface area contributed by atoms with Crippen molar-refractivity contribution in [3.05, 3.63) is 30.1 Å². The molecule has 1 heterocycles. The maximum Gasteiger partial charge on any atom is 0.241 e. The van der Waals surface area contributed by atoms with Crippen LogP contribution in [0.15, 0.2) is 24.3 Å². The van der Waals surface area contributed by atoms with Crippen molar-refractivity contribution < 1.29 is 9.18 Å². The molecule has 0 unspecified atom stereocenters. The highest BCUT2D eigenvalue weighted by Crippen LogP contribution is 2.14. The zero-order valence-corrected chi connectivity index (χ0v) is 8.29. The Morgan fingerprint density at radius 1 is 1.47 bits per heavy atom. The van der Waals surface area contributed by atoms with Crippen molar-refractivity contribution in [3.63, 3.8) is 0 Å². The van der Waals surface area contributed by atoms with Gasteiger partial charge < -0.3 is 10.6 Å². The van der Waals surface area contributed by atoms with Crippen molar-refractivity contribution in [1.82, 2.24) is 5.32 Å². The van der Waals surface area contributed by atoms with Crippen LogP contribution in [0, 0.1) is 5.82 Å². The molecule has 1 aliphatic heterocycles. The number of rotatable bonds is 2. The van der Waals surface area contributed by atoms with E-state index < -0.39 is 5.82 Å². The molecule has 1 aliphatic rings. The number of halogens is 1. The highest BCUT2D eigenvalue weighted by atomic mass is 19.1. The number of hydrogen-bond acceptors (Lipinski definition) is 2. The minimum atomic E-state index is -0.399. The summed E-state index contributed by atoms with van der Waals surface area (Å²) in [6.45, 7) is 0.857. The van der Waals surface area contributed by atoms with Crippen LogP contribution in [0.3, 0.4) is 0 Å². The van der Waals surface area contributed by atoms with Gasteiger partial charge in [-0.3, -0.25) is 4.79 Å². The molecule has 1 aromatic carbocycles. The van der Waals surface area contributed by atoms with Crippen molar-refractivity contribution in [1.29, 1.82) is 0 Å². The largest absolute Gasteiger partial charge is 0.322 e. The maximum absolute atomic E-state index is 13.2. The second-order valence-corrected chi connectivity index (χ2v) is 3.62. The lowest BCUT2D eigenvalue weighted by Gasteiger charge is -2.11. The fourth-order valence-corrected chi connectivity index (χ4v) is 1.69. The van der Waals surface area contributed by atoms with E-state index in [1.54, 1.807) is 18.2 Å². The molecule has 80 valence electrons. The van der Waals surface area contributed by atoms with Gasteiger partial charge in [-0.2, -0.15) is 0 Å². The molecule has 2 rings (SSSR count). The summed E-state index contributed by atoms with van der Waals surface area (Å²) in [6, 6.07) is 6.00. The number of amides is 1. The van der Waals surface area contributed by atoms with Crippen LogP contribution in [0.5, 0.6) is 0 Å². The van der Waals surface area contributed by atoms with Crippen LogP contribution < -0.4 is 10.6 Å². The van der Waals surface area contributed by atoms with Gasteiger partial charge in [0, 0.05) is 0 Å². The maximum atomic E-state index is 13.2. The van der Waals surface area contributed by atoms with Gasteiger partial charge in [0.1, 0.15) is 5.82 Å². The van der Waals surface area contributed by atoms with Gasteiger partial charge in [0.05, 0.1) is 11.7 Å². The van der Waals surface area contributed by atoms with E-state index >= 15 is 0 Å². The van der Waals surface area contributed by atoms with E-state index in [4.69, 9.17) is 0 Å². The van der Waals surface area contributed by atoms with Crippen molar-refractivity contribution in [2.75, 3.05) is 11.9 Å². The quantitative estimate of drug-likeness (QED) is 0.773. The van der Waals surface area contributed by atoms with E-state index in [0.29, 0.717) is 0 Å². The summed E-state index contributed by atoms with van der Waals surface area (Å²) in [5.41, 5.74) is 0.246. The second kappa shape index (κ2) is 4.40. The van der Waals surface area contributed by atoms with Crippen LogP contribution >= 0.6 is 0 Å². The van der Waals surface area contributed by atoms with Crippen molar-refractivity contribution >= 4 is 11.6 Å². The number of carbonyl (C=O) groups excluding carboxylic acids is 1. The molecule has 1 amide bonds. The van der Waals surface area contributed by atoms with Crippen LogP contribution in [-0.2, 0) is 4.79 Å². The first-order valence-electron chi connectivity index (χ1n) is 5.06. The minimum Gasteiger partial charge on any atom is -0.322 e. The standard InChI is InChI=1S/C11H13FN2O/c12-8-4-1-2-5-9(8)14-11(15)10-6-3-7-13-10/h1-2,4-5,10,13H,3,6-7H2,(H,14,15)/t10-/m1/s1. The Bertz CT molecular complexity index is 361. The summed E-state index contributed by atoms with van der Waals surface area (Å²) in [5, 5.41) is 5.64. The van der Waals surface area contributed by atoms with Crippen molar-refractivity contribution in [2.45, 2.75) is 18.9 Å². The summed E-state index contributed by atoms with van der Waals surface area (Å²) in [4.78, 5) is 11.6. The Balaban J connectivity index is 2.02. The Labute approximate surface area is 87.7 Å². The molecule has 1 saturated heterocycles. The molecule has 0 radical (unpaired) electrons. The molecule has 1 aromatic rings. The predicted octanol–water partition coefficient (Wildman–Crippen LogP) is 1.52. The summed E-state index contributed by atoms with van der Waals surface area (Å²) < 4.78 is 13.2. The topological polar surface area (TPSA) is 41.1 Å². The number of benzene rings is 1. The number of anilines is 1. The molecule has 1 fully saturated rings. The molecule has 3 nitrogen and oxygen atoms in total. The molecule has 15 heavy (non-hydrogen) atoms. The van der Waals surface area contributed by atoms with Crippen molar-refractivity contribution in [2.24, 2.45) is 0 Å². The number of nitrogens with one attached hydrogen (secondary N) is 2. The summed E-state index contributed by atoms with van der Waals surface area (Å²) in [5.74, 6) is -0.554. The fourth-order valence-electron chi connectivity index (χ4n) is 1.69. The fraction of sp³-hybridized carbons (Fsp3) is 0.364. The van der Waals surface area contributed by atoms with Crippen LogP contribution in [0.4, 0.5) is 10.1 Å². The molecular formula is C11H13FN2O. The molecular weight excluding hydrogens is 195 g/mol. The molecule has 1 atom stereocenters. The molecule has 0 aliphatic carbocycles. The number of hydrogen-bond donors (Lipinski definition) is 2. The van der Waals surface area contributed by atoms with E-state index in [1.165, 1.54) is 6.07 Å². The van der Waals surface area contributed by atoms with Gasteiger partial charge in [0.15, 0.2) is 0 Å². The Morgan fingerprint density at radius 3 is 2.93 bits per heavy atom. The summed E-state index contributed by atoms with van der Waals surface area (Å²) >= 11 is 0. The average molecular weight is 208 g/mol. The number of para-hydroxylation sites is 1. The normalized spacial score (nSPS) is 20.2. The third kappa shape index (κ3) is 2.33. The highest BCUT2D eigenvalue weighted by Gasteiger charge is 2.22. The second-order valence-electron chi connectivity index (χ2n) is 3.62. The zero-order chi connectivity index (χ0) is 10.7. The lowest BCUT2D eigenvalue weighted by atomic mass is 10.2. The Kier molecular flexibility index (Phi) is 2.97. The summed E-state index contributed by atoms with van der Waals surface area (Å²) in [6.07, 6.45) is 1.82. The van der Waals surface area contributed by atoms with Gasteiger partial charge in [-0.1, -0.05) is 12.1 Å². The summed E-state index contributed by atoms with van der Waals surface area (Å²) in [7, 11) is 0. The van der Waals surface area contributed by atoms with Gasteiger partial charge in [-0.15, -0.1) is 0 Å². The van der Waals surface area contributed by atoms with E-state index in [-0.39, 0.29) is 17.6 Å². The molecule has 0 aromatic heterocycles. The molecule has 0 saturated carbocycles. The molecule has 2 N–H and O–H groups in total. The minimum absolute atomic E-state index is 0.155. The first kappa shape index (κ1) is 10.1. The van der Waals surface area contributed by atoms with Gasteiger partial charge in [-0.05, 0) is 31.5 Å². The monoisotopic (exact) mass is 208 g/mol. The van der Waals surface area contributed by atoms with Gasteiger partial charge >= 0.3 is 0 Å². The predicted molar refractivity (Wildman–Crippen MR) is 56.1 cm³/mol. The van der Waals surface area contributed by atoms with Crippen LogP contribution in [-0.4, -0.2) is 18.5 Å².